The van der Waals surface area contributed by atoms with Gasteiger partial charge in [0.15, 0.2) is 0 Å². The number of anilines is 1. The summed E-state index contributed by atoms with van der Waals surface area (Å²) in [6.45, 7) is 3.39. The van der Waals surface area contributed by atoms with E-state index >= 15 is 0 Å². The van der Waals surface area contributed by atoms with Crippen LogP contribution in [0.25, 0.3) is 0 Å². The largest absolute Gasteiger partial charge is 0.385 e. The summed E-state index contributed by atoms with van der Waals surface area (Å²) in [6.07, 6.45) is 2.51. The Hall–Kier alpha value is -1.37. The van der Waals surface area contributed by atoms with Crippen molar-refractivity contribution in [1.82, 2.24) is 9.55 Å². The molecule has 100 valence electrons. The summed E-state index contributed by atoms with van der Waals surface area (Å²) in [5.74, 6) is 0.769. The summed E-state index contributed by atoms with van der Waals surface area (Å²) in [7, 11) is 0. The van der Waals surface area contributed by atoms with Gasteiger partial charge in [0.1, 0.15) is 5.82 Å². The van der Waals surface area contributed by atoms with E-state index in [2.05, 4.69) is 10.3 Å². The predicted octanol–water partition coefficient (Wildman–Crippen LogP) is 2.66. The maximum atomic E-state index is 11.9. The number of nitrogens with zero attached hydrogens (tertiary/aromatic N) is 2. The van der Waals surface area contributed by atoms with Gasteiger partial charge >= 0.3 is 0 Å². The van der Waals surface area contributed by atoms with E-state index in [9.17, 15) is 4.79 Å². The first-order valence-electron chi connectivity index (χ1n) is 6.19. The number of benzene rings is 1. The third-order valence-electron chi connectivity index (χ3n) is 2.87. The molecule has 0 aliphatic carbocycles. The van der Waals surface area contributed by atoms with Crippen LogP contribution in [0, 0.1) is 10.5 Å². The normalized spacial score (nSPS) is 10.4. The molecule has 1 N–H and O–H groups in total. The van der Waals surface area contributed by atoms with Gasteiger partial charge in [-0.2, -0.15) is 0 Å². The van der Waals surface area contributed by atoms with Gasteiger partial charge < -0.3 is 5.32 Å². The van der Waals surface area contributed by atoms with E-state index in [1.165, 1.54) is 0 Å². The second kappa shape index (κ2) is 6.70. The highest BCUT2D eigenvalue weighted by Gasteiger charge is 2.04. The Labute approximate surface area is 126 Å². The van der Waals surface area contributed by atoms with Gasteiger partial charge in [0.05, 0.1) is 3.57 Å². The van der Waals surface area contributed by atoms with Crippen LogP contribution < -0.4 is 10.9 Å². The summed E-state index contributed by atoms with van der Waals surface area (Å²) in [5.41, 5.74) is 1.15. The Morgan fingerprint density at radius 1 is 1.32 bits per heavy atom. The van der Waals surface area contributed by atoms with Crippen LogP contribution in [-0.4, -0.2) is 16.1 Å². The fourth-order valence-electron chi connectivity index (χ4n) is 1.84. The summed E-state index contributed by atoms with van der Waals surface area (Å²) in [4.78, 5) is 16.2. The molecule has 19 heavy (non-hydrogen) atoms. The van der Waals surface area contributed by atoms with Crippen LogP contribution in [0.15, 0.2) is 41.3 Å². The van der Waals surface area contributed by atoms with E-state index in [0.29, 0.717) is 10.1 Å². The predicted molar refractivity (Wildman–Crippen MR) is 85.5 cm³/mol. The summed E-state index contributed by atoms with van der Waals surface area (Å²) < 4.78 is 2.40. The maximum Gasteiger partial charge on any atom is 0.266 e. The molecular formula is C14H16IN3O. The molecule has 0 amide bonds. The Morgan fingerprint density at radius 3 is 2.79 bits per heavy atom. The summed E-state index contributed by atoms with van der Waals surface area (Å²) >= 11 is 2.03. The number of para-hydroxylation sites is 1. The van der Waals surface area contributed by atoms with Gasteiger partial charge in [-0.1, -0.05) is 18.2 Å². The Morgan fingerprint density at radius 2 is 2.05 bits per heavy atom. The van der Waals surface area contributed by atoms with Gasteiger partial charge in [-0.25, -0.2) is 4.98 Å². The minimum absolute atomic E-state index is 0.0489. The Kier molecular flexibility index (Phi) is 4.95. The van der Waals surface area contributed by atoms with Crippen LogP contribution in [0.2, 0.25) is 0 Å². The van der Waals surface area contributed by atoms with Crippen LogP contribution in [0.1, 0.15) is 12.2 Å². The number of rotatable bonds is 5. The molecule has 1 aromatic carbocycles. The third kappa shape index (κ3) is 3.79. The molecule has 1 aromatic heterocycles. The zero-order valence-electron chi connectivity index (χ0n) is 10.8. The average molecular weight is 369 g/mol. The zero-order chi connectivity index (χ0) is 13.7. The number of hydrogen-bond acceptors (Lipinski definition) is 3. The molecule has 0 radical (unpaired) electrons. The number of nitrogens with one attached hydrogen (secondary N) is 1. The molecule has 0 spiro atoms. The lowest BCUT2D eigenvalue weighted by atomic mass is 10.3. The molecule has 2 rings (SSSR count). The third-order valence-corrected chi connectivity index (χ3v) is 3.61. The van der Waals surface area contributed by atoms with E-state index in [1.54, 1.807) is 10.8 Å². The minimum atomic E-state index is 0.0489. The number of hydrogen-bond donors (Lipinski definition) is 1. The second-order valence-corrected chi connectivity index (χ2v) is 5.42. The highest BCUT2D eigenvalue weighted by atomic mass is 127. The van der Waals surface area contributed by atoms with Crippen LogP contribution in [0.4, 0.5) is 5.69 Å². The number of aromatic nitrogens is 2. The molecule has 5 heteroatoms. The van der Waals surface area contributed by atoms with Crippen molar-refractivity contribution in [2.45, 2.75) is 19.9 Å². The van der Waals surface area contributed by atoms with E-state index in [-0.39, 0.29) is 5.56 Å². The van der Waals surface area contributed by atoms with Crippen molar-refractivity contribution < 1.29 is 0 Å². The molecule has 0 unspecified atom stereocenters. The minimum Gasteiger partial charge on any atom is -0.385 e. The van der Waals surface area contributed by atoms with Crippen molar-refractivity contribution in [1.29, 1.82) is 0 Å². The molecule has 0 atom stereocenters. The van der Waals surface area contributed by atoms with Crippen LogP contribution >= 0.6 is 22.6 Å². The molecule has 0 aliphatic heterocycles. The van der Waals surface area contributed by atoms with Crippen molar-refractivity contribution >= 4 is 28.3 Å². The Bertz CT molecular complexity index is 595. The fraction of sp³-hybridized carbons (Fsp3) is 0.286. The highest BCUT2D eigenvalue weighted by Crippen LogP contribution is 2.05. The fourth-order valence-corrected chi connectivity index (χ4v) is 2.27. The van der Waals surface area contributed by atoms with Gasteiger partial charge in [0, 0.05) is 25.0 Å². The van der Waals surface area contributed by atoms with Crippen molar-refractivity contribution in [3.8, 4) is 0 Å². The SMILES string of the molecule is Cc1ncc(I)c(=O)n1CCCNc1ccccc1. The maximum absolute atomic E-state index is 11.9. The van der Waals surface area contributed by atoms with Crippen molar-refractivity contribution in [2.75, 3.05) is 11.9 Å². The smallest absolute Gasteiger partial charge is 0.266 e. The van der Waals surface area contributed by atoms with Crippen LogP contribution in [0.3, 0.4) is 0 Å². The topological polar surface area (TPSA) is 46.9 Å². The monoisotopic (exact) mass is 369 g/mol. The molecule has 0 saturated heterocycles. The quantitative estimate of drug-likeness (QED) is 0.651. The lowest BCUT2D eigenvalue weighted by Crippen LogP contribution is -2.26. The van der Waals surface area contributed by atoms with Gasteiger partial charge in [-0.3, -0.25) is 9.36 Å². The average Bonchev–Trinajstić information content (AvgIpc) is 2.43. The number of aryl methyl sites for hydroxylation is 1. The standard InChI is InChI=1S/C14H16IN3O/c1-11-17-10-13(15)14(19)18(11)9-5-8-16-12-6-3-2-4-7-12/h2-4,6-7,10,16H,5,8-9H2,1H3. The van der Waals surface area contributed by atoms with Gasteiger partial charge in [0.25, 0.3) is 5.56 Å². The van der Waals surface area contributed by atoms with Crippen LogP contribution in [-0.2, 0) is 6.54 Å². The molecular weight excluding hydrogens is 353 g/mol. The molecule has 0 aliphatic rings. The first kappa shape index (κ1) is 14.0. The lowest BCUT2D eigenvalue weighted by Gasteiger charge is -2.10. The number of halogens is 1. The van der Waals surface area contributed by atoms with E-state index in [1.807, 2.05) is 59.8 Å². The summed E-state index contributed by atoms with van der Waals surface area (Å²) in [6, 6.07) is 10.1. The van der Waals surface area contributed by atoms with Crippen molar-refractivity contribution in [3.05, 3.63) is 56.3 Å². The Balaban J connectivity index is 1.90. The molecule has 0 bridgehead atoms. The first-order chi connectivity index (χ1) is 9.18. The van der Waals surface area contributed by atoms with Gasteiger partial charge in [0.2, 0.25) is 0 Å². The van der Waals surface area contributed by atoms with E-state index in [4.69, 9.17) is 0 Å². The van der Waals surface area contributed by atoms with Crippen LogP contribution in [0.5, 0.6) is 0 Å². The molecule has 1 heterocycles. The molecule has 4 nitrogen and oxygen atoms in total. The van der Waals surface area contributed by atoms with Gasteiger partial charge in [-0.05, 0) is 48.1 Å². The first-order valence-corrected chi connectivity index (χ1v) is 7.27. The molecule has 0 fully saturated rings. The van der Waals surface area contributed by atoms with Gasteiger partial charge in [-0.15, -0.1) is 0 Å². The van der Waals surface area contributed by atoms with E-state index in [0.717, 1.165) is 24.5 Å². The zero-order valence-corrected chi connectivity index (χ0v) is 12.9. The highest BCUT2D eigenvalue weighted by molar-refractivity contribution is 14.1. The van der Waals surface area contributed by atoms with E-state index < -0.39 is 0 Å². The van der Waals surface area contributed by atoms with Crippen molar-refractivity contribution in [2.24, 2.45) is 0 Å². The van der Waals surface area contributed by atoms with Crippen molar-refractivity contribution in [3.63, 3.8) is 0 Å². The summed E-state index contributed by atoms with van der Waals surface area (Å²) in [5, 5.41) is 3.33. The lowest BCUT2D eigenvalue weighted by molar-refractivity contribution is 0.603. The molecule has 2 aromatic rings. The molecule has 0 saturated carbocycles. The second-order valence-electron chi connectivity index (χ2n) is 4.26.